The highest BCUT2D eigenvalue weighted by Gasteiger charge is 2.15. The third-order valence-electron chi connectivity index (χ3n) is 2.59. The molecule has 0 N–H and O–H groups in total. The van der Waals surface area contributed by atoms with Gasteiger partial charge in [-0.15, -0.1) is 0 Å². The SMILES string of the molecule is Fc1ccc(Br)c(OCC2CCCCO2)c1. The Hall–Kier alpha value is -0.610. The van der Waals surface area contributed by atoms with Gasteiger partial charge in [0.25, 0.3) is 0 Å². The zero-order valence-corrected chi connectivity index (χ0v) is 10.5. The number of benzene rings is 1. The Morgan fingerprint density at radius 1 is 1.44 bits per heavy atom. The average molecular weight is 289 g/mol. The van der Waals surface area contributed by atoms with Crippen LogP contribution in [0.4, 0.5) is 4.39 Å². The van der Waals surface area contributed by atoms with Gasteiger partial charge in [0.2, 0.25) is 0 Å². The summed E-state index contributed by atoms with van der Waals surface area (Å²) in [6, 6.07) is 4.42. The van der Waals surface area contributed by atoms with Crippen LogP contribution in [0.2, 0.25) is 0 Å². The minimum Gasteiger partial charge on any atom is -0.490 e. The van der Waals surface area contributed by atoms with Gasteiger partial charge >= 0.3 is 0 Å². The Labute approximate surface area is 103 Å². The van der Waals surface area contributed by atoms with Crippen molar-refractivity contribution in [1.82, 2.24) is 0 Å². The summed E-state index contributed by atoms with van der Waals surface area (Å²) in [6.07, 6.45) is 3.47. The first-order valence-corrected chi connectivity index (χ1v) is 6.24. The summed E-state index contributed by atoms with van der Waals surface area (Å²) < 4.78 is 24.8. The molecule has 0 bridgehead atoms. The predicted molar refractivity (Wildman–Crippen MR) is 63.2 cm³/mol. The first kappa shape index (κ1) is 11.9. The lowest BCUT2D eigenvalue weighted by atomic mass is 10.1. The van der Waals surface area contributed by atoms with Crippen LogP contribution in [-0.4, -0.2) is 19.3 Å². The van der Waals surface area contributed by atoms with Crippen molar-refractivity contribution in [3.8, 4) is 5.75 Å². The van der Waals surface area contributed by atoms with Gasteiger partial charge in [0.15, 0.2) is 0 Å². The fourth-order valence-electron chi connectivity index (χ4n) is 1.71. The van der Waals surface area contributed by atoms with E-state index in [4.69, 9.17) is 9.47 Å². The second kappa shape index (κ2) is 5.64. The molecule has 1 heterocycles. The molecule has 1 unspecified atom stereocenters. The third kappa shape index (κ3) is 3.19. The lowest BCUT2D eigenvalue weighted by Crippen LogP contribution is -2.25. The van der Waals surface area contributed by atoms with Crippen LogP contribution in [0.5, 0.6) is 5.75 Å². The van der Waals surface area contributed by atoms with Crippen molar-refractivity contribution in [3.63, 3.8) is 0 Å². The third-order valence-corrected chi connectivity index (χ3v) is 3.25. The van der Waals surface area contributed by atoms with Gasteiger partial charge in [0.05, 0.1) is 10.6 Å². The summed E-state index contributed by atoms with van der Waals surface area (Å²) >= 11 is 3.32. The van der Waals surface area contributed by atoms with E-state index in [1.165, 1.54) is 18.6 Å². The molecule has 4 heteroatoms. The fourth-order valence-corrected chi connectivity index (χ4v) is 2.07. The summed E-state index contributed by atoms with van der Waals surface area (Å²) in [4.78, 5) is 0. The van der Waals surface area contributed by atoms with Crippen molar-refractivity contribution in [2.24, 2.45) is 0 Å². The van der Waals surface area contributed by atoms with Gasteiger partial charge in [-0.2, -0.15) is 0 Å². The van der Waals surface area contributed by atoms with Gasteiger partial charge in [-0.25, -0.2) is 4.39 Å². The lowest BCUT2D eigenvalue weighted by molar-refractivity contribution is -0.0112. The van der Waals surface area contributed by atoms with Crippen LogP contribution in [0.15, 0.2) is 22.7 Å². The van der Waals surface area contributed by atoms with E-state index in [1.807, 2.05) is 0 Å². The molecule has 0 radical (unpaired) electrons. The average Bonchev–Trinajstić information content (AvgIpc) is 2.32. The molecule has 0 amide bonds. The van der Waals surface area contributed by atoms with Crippen molar-refractivity contribution >= 4 is 15.9 Å². The highest BCUT2D eigenvalue weighted by molar-refractivity contribution is 9.10. The van der Waals surface area contributed by atoms with Gasteiger partial charge in [0, 0.05) is 12.7 Å². The zero-order valence-electron chi connectivity index (χ0n) is 8.92. The zero-order chi connectivity index (χ0) is 11.4. The lowest BCUT2D eigenvalue weighted by Gasteiger charge is -2.22. The minimum absolute atomic E-state index is 0.143. The largest absolute Gasteiger partial charge is 0.490 e. The molecule has 1 aliphatic heterocycles. The van der Waals surface area contributed by atoms with Crippen molar-refractivity contribution in [1.29, 1.82) is 0 Å². The highest BCUT2D eigenvalue weighted by atomic mass is 79.9. The molecule has 1 atom stereocenters. The predicted octanol–water partition coefficient (Wildman–Crippen LogP) is 3.54. The van der Waals surface area contributed by atoms with Crippen LogP contribution in [0.3, 0.4) is 0 Å². The standard InChI is InChI=1S/C12H14BrFO2/c13-11-5-4-9(14)7-12(11)16-8-10-3-1-2-6-15-10/h4-5,7,10H,1-3,6,8H2. The van der Waals surface area contributed by atoms with Crippen LogP contribution in [-0.2, 0) is 4.74 Å². The Morgan fingerprint density at radius 2 is 2.31 bits per heavy atom. The first-order valence-electron chi connectivity index (χ1n) is 5.45. The molecule has 0 spiro atoms. The monoisotopic (exact) mass is 288 g/mol. The molecule has 0 aliphatic carbocycles. The van der Waals surface area contributed by atoms with Gasteiger partial charge in [-0.1, -0.05) is 0 Å². The molecule has 0 saturated carbocycles. The van der Waals surface area contributed by atoms with Crippen molar-refractivity contribution < 1.29 is 13.9 Å². The maximum absolute atomic E-state index is 13.0. The number of halogens is 2. The van der Waals surface area contributed by atoms with E-state index in [-0.39, 0.29) is 11.9 Å². The van der Waals surface area contributed by atoms with E-state index in [0.29, 0.717) is 12.4 Å². The maximum Gasteiger partial charge on any atom is 0.136 e. The number of ether oxygens (including phenoxy) is 2. The van der Waals surface area contributed by atoms with Gasteiger partial charge in [-0.3, -0.25) is 0 Å². The topological polar surface area (TPSA) is 18.5 Å². The normalized spacial score (nSPS) is 20.8. The molecule has 1 aliphatic rings. The summed E-state index contributed by atoms with van der Waals surface area (Å²) in [7, 11) is 0. The Bertz CT molecular complexity index is 351. The van der Waals surface area contributed by atoms with E-state index in [2.05, 4.69) is 15.9 Å². The molecule has 1 aromatic rings. The summed E-state index contributed by atoms with van der Waals surface area (Å²) in [5, 5.41) is 0. The van der Waals surface area contributed by atoms with E-state index < -0.39 is 0 Å². The molecule has 16 heavy (non-hydrogen) atoms. The number of rotatable bonds is 3. The van der Waals surface area contributed by atoms with Gasteiger partial charge < -0.3 is 9.47 Å². The maximum atomic E-state index is 13.0. The first-order chi connectivity index (χ1) is 7.75. The summed E-state index contributed by atoms with van der Waals surface area (Å²) in [5.41, 5.74) is 0. The molecule has 1 aromatic carbocycles. The van der Waals surface area contributed by atoms with Gasteiger partial charge in [0.1, 0.15) is 18.2 Å². The summed E-state index contributed by atoms with van der Waals surface area (Å²) in [6.45, 7) is 1.29. The minimum atomic E-state index is -0.289. The Balaban J connectivity index is 1.90. The van der Waals surface area contributed by atoms with Crippen LogP contribution < -0.4 is 4.74 Å². The Morgan fingerprint density at radius 3 is 3.06 bits per heavy atom. The molecular formula is C12H14BrFO2. The fraction of sp³-hybridized carbons (Fsp3) is 0.500. The van der Waals surface area contributed by atoms with Crippen molar-refractivity contribution in [2.75, 3.05) is 13.2 Å². The molecule has 2 rings (SSSR count). The Kier molecular flexibility index (Phi) is 4.18. The molecule has 2 nitrogen and oxygen atoms in total. The van der Waals surface area contributed by atoms with E-state index in [1.54, 1.807) is 6.07 Å². The van der Waals surface area contributed by atoms with Crippen LogP contribution in [0.1, 0.15) is 19.3 Å². The smallest absolute Gasteiger partial charge is 0.136 e. The molecule has 1 saturated heterocycles. The summed E-state index contributed by atoms with van der Waals surface area (Å²) in [5.74, 6) is 0.247. The van der Waals surface area contributed by atoms with E-state index in [0.717, 1.165) is 23.9 Å². The number of hydrogen-bond acceptors (Lipinski definition) is 2. The van der Waals surface area contributed by atoms with Crippen LogP contribution in [0, 0.1) is 5.82 Å². The molecular weight excluding hydrogens is 275 g/mol. The van der Waals surface area contributed by atoms with Crippen LogP contribution >= 0.6 is 15.9 Å². The van der Waals surface area contributed by atoms with E-state index >= 15 is 0 Å². The molecule has 1 fully saturated rings. The molecule has 88 valence electrons. The van der Waals surface area contributed by atoms with Crippen molar-refractivity contribution in [3.05, 3.63) is 28.5 Å². The second-order valence-electron chi connectivity index (χ2n) is 3.87. The highest BCUT2D eigenvalue weighted by Crippen LogP contribution is 2.26. The van der Waals surface area contributed by atoms with E-state index in [9.17, 15) is 4.39 Å². The van der Waals surface area contributed by atoms with Crippen LogP contribution in [0.25, 0.3) is 0 Å². The quantitative estimate of drug-likeness (QED) is 0.847. The molecule has 0 aromatic heterocycles. The second-order valence-corrected chi connectivity index (χ2v) is 4.73. The van der Waals surface area contributed by atoms with Gasteiger partial charge in [-0.05, 0) is 47.3 Å². The van der Waals surface area contributed by atoms with Crippen molar-refractivity contribution in [2.45, 2.75) is 25.4 Å². The number of hydrogen-bond donors (Lipinski definition) is 0.